The zero-order valence-electron chi connectivity index (χ0n) is 8.75. The van der Waals surface area contributed by atoms with Crippen molar-refractivity contribution >= 4 is 5.78 Å². The Kier molecular flexibility index (Phi) is 3.53. The van der Waals surface area contributed by atoms with Crippen molar-refractivity contribution in [1.82, 2.24) is 15.6 Å². The quantitative estimate of drug-likeness (QED) is 0.618. The molecule has 0 amide bonds. The summed E-state index contributed by atoms with van der Waals surface area (Å²) in [6.45, 7) is 2.40. The van der Waals surface area contributed by atoms with Gasteiger partial charge in [-0.1, -0.05) is 0 Å². The van der Waals surface area contributed by atoms with Crippen molar-refractivity contribution in [1.29, 1.82) is 0 Å². The molecule has 0 saturated carbocycles. The van der Waals surface area contributed by atoms with E-state index in [1.807, 2.05) is 6.07 Å². The first-order chi connectivity index (χ1) is 7.36. The lowest BCUT2D eigenvalue weighted by atomic mass is 10.2. The van der Waals surface area contributed by atoms with Gasteiger partial charge in [-0.3, -0.25) is 4.79 Å². The van der Waals surface area contributed by atoms with E-state index in [4.69, 9.17) is 0 Å². The van der Waals surface area contributed by atoms with E-state index < -0.39 is 0 Å². The van der Waals surface area contributed by atoms with Crippen molar-refractivity contribution in [2.45, 2.75) is 18.9 Å². The molecule has 1 fully saturated rings. The highest BCUT2D eigenvalue weighted by Gasteiger charge is 2.13. The van der Waals surface area contributed by atoms with E-state index in [0.717, 1.165) is 13.1 Å². The highest BCUT2D eigenvalue weighted by molar-refractivity contribution is 5.95. The van der Waals surface area contributed by atoms with E-state index in [9.17, 15) is 4.79 Å². The maximum Gasteiger partial charge on any atom is 0.192 e. The minimum atomic E-state index is 0.123. The maximum atomic E-state index is 11.6. The van der Waals surface area contributed by atoms with E-state index in [2.05, 4.69) is 15.6 Å². The van der Waals surface area contributed by atoms with Crippen molar-refractivity contribution in [3.05, 3.63) is 24.0 Å². The summed E-state index contributed by atoms with van der Waals surface area (Å²) in [5, 5.41) is 6.57. The molecule has 0 aromatic carbocycles. The normalized spacial score (nSPS) is 20.7. The van der Waals surface area contributed by atoms with Crippen LogP contribution in [0.5, 0.6) is 0 Å². The Morgan fingerprint density at radius 2 is 2.53 bits per heavy atom. The summed E-state index contributed by atoms with van der Waals surface area (Å²) in [6, 6.07) is 4.19. The Bertz CT molecular complexity index is 302. The highest BCUT2D eigenvalue weighted by Crippen LogP contribution is 2.03. The van der Waals surface area contributed by atoms with Crippen LogP contribution < -0.4 is 10.6 Å². The summed E-state index contributed by atoms with van der Waals surface area (Å²) in [7, 11) is 0. The van der Waals surface area contributed by atoms with Gasteiger partial charge in [-0.25, -0.2) is 0 Å². The number of aromatic nitrogens is 1. The minimum absolute atomic E-state index is 0.123. The second-order valence-corrected chi connectivity index (χ2v) is 3.93. The van der Waals surface area contributed by atoms with Crippen molar-refractivity contribution < 1.29 is 4.79 Å². The van der Waals surface area contributed by atoms with E-state index in [-0.39, 0.29) is 5.78 Å². The molecule has 1 aromatic heterocycles. The largest absolute Gasteiger partial charge is 0.359 e. The van der Waals surface area contributed by atoms with E-state index in [0.29, 0.717) is 18.3 Å². The third-order valence-electron chi connectivity index (χ3n) is 2.74. The summed E-state index contributed by atoms with van der Waals surface area (Å²) in [6.07, 6.45) is 4.23. The molecular formula is C11H17N3O. The predicted molar refractivity (Wildman–Crippen MR) is 59.0 cm³/mol. The Labute approximate surface area is 89.5 Å². The standard InChI is InChI=1S/C11H17N3O/c15-11(10-4-2-6-14-10)8-12-7-9-3-1-5-13-9/h2,4,6,9,12-14H,1,3,5,7-8H2/t9-/m1/s1. The molecule has 1 saturated heterocycles. The molecule has 0 spiro atoms. The summed E-state index contributed by atoms with van der Waals surface area (Å²) in [4.78, 5) is 14.5. The Balaban J connectivity index is 1.67. The molecule has 3 N–H and O–H groups in total. The molecule has 1 atom stereocenters. The number of ketones is 1. The number of carbonyl (C=O) groups excluding carboxylic acids is 1. The fraction of sp³-hybridized carbons (Fsp3) is 0.545. The molecule has 0 unspecified atom stereocenters. The first kappa shape index (κ1) is 10.4. The van der Waals surface area contributed by atoms with Gasteiger partial charge in [0.2, 0.25) is 0 Å². The van der Waals surface area contributed by atoms with Crippen LogP contribution in [0.25, 0.3) is 0 Å². The number of H-pyrrole nitrogens is 1. The van der Waals surface area contributed by atoms with Gasteiger partial charge in [-0.15, -0.1) is 0 Å². The highest BCUT2D eigenvalue weighted by atomic mass is 16.1. The van der Waals surface area contributed by atoms with E-state index in [1.54, 1.807) is 12.3 Å². The molecular weight excluding hydrogens is 190 g/mol. The lowest BCUT2D eigenvalue weighted by Gasteiger charge is -2.10. The van der Waals surface area contributed by atoms with Crippen LogP contribution in [0.15, 0.2) is 18.3 Å². The molecule has 1 aromatic rings. The van der Waals surface area contributed by atoms with E-state index >= 15 is 0 Å². The van der Waals surface area contributed by atoms with Crippen molar-refractivity contribution in [3.8, 4) is 0 Å². The van der Waals surface area contributed by atoms with Gasteiger partial charge in [0, 0.05) is 18.8 Å². The molecule has 2 rings (SSSR count). The zero-order valence-corrected chi connectivity index (χ0v) is 8.75. The fourth-order valence-electron chi connectivity index (χ4n) is 1.89. The van der Waals surface area contributed by atoms with Gasteiger partial charge in [0.05, 0.1) is 12.2 Å². The first-order valence-electron chi connectivity index (χ1n) is 5.47. The Hall–Kier alpha value is -1.13. The number of nitrogens with one attached hydrogen (secondary N) is 3. The van der Waals surface area contributed by atoms with Gasteiger partial charge in [-0.05, 0) is 31.5 Å². The van der Waals surface area contributed by atoms with Crippen LogP contribution in [0, 0.1) is 0 Å². The molecule has 1 aliphatic heterocycles. The van der Waals surface area contributed by atoms with Crippen LogP contribution in [0.4, 0.5) is 0 Å². The van der Waals surface area contributed by atoms with Gasteiger partial charge in [0.1, 0.15) is 0 Å². The summed E-state index contributed by atoms with van der Waals surface area (Å²) in [5.41, 5.74) is 0.682. The van der Waals surface area contributed by atoms with Gasteiger partial charge in [-0.2, -0.15) is 0 Å². The molecule has 4 heteroatoms. The van der Waals surface area contributed by atoms with Crippen LogP contribution in [-0.2, 0) is 0 Å². The number of aromatic amines is 1. The van der Waals surface area contributed by atoms with Crippen LogP contribution >= 0.6 is 0 Å². The molecule has 0 aliphatic carbocycles. The fourth-order valence-corrected chi connectivity index (χ4v) is 1.89. The van der Waals surface area contributed by atoms with Gasteiger partial charge >= 0.3 is 0 Å². The van der Waals surface area contributed by atoms with Gasteiger partial charge in [0.25, 0.3) is 0 Å². The molecule has 2 heterocycles. The molecule has 15 heavy (non-hydrogen) atoms. The molecule has 0 radical (unpaired) electrons. The number of carbonyl (C=O) groups is 1. The van der Waals surface area contributed by atoms with Crippen LogP contribution in [0.2, 0.25) is 0 Å². The third-order valence-corrected chi connectivity index (χ3v) is 2.74. The maximum absolute atomic E-state index is 11.6. The predicted octanol–water partition coefficient (Wildman–Crippen LogP) is 0.539. The number of Topliss-reactive ketones (excluding diaryl/α,β-unsaturated/α-hetero) is 1. The lowest BCUT2D eigenvalue weighted by molar-refractivity contribution is 0.0986. The summed E-state index contributed by atoms with van der Waals surface area (Å²) < 4.78 is 0. The third kappa shape index (κ3) is 2.91. The van der Waals surface area contributed by atoms with Crippen LogP contribution in [0.1, 0.15) is 23.3 Å². The minimum Gasteiger partial charge on any atom is -0.359 e. The smallest absolute Gasteiger partial charge is 0.192 e. The monoisotopic (exact) mass is 207 g/mol. The molecule has 0 bridgehead atoms. The van der Waals surface area contributed by atoms with Crippen molar-refractivity contribution in [2.75, 3.05) is 19.6 Å². The van der Waals surface area contributed by atoms with Gasteiger partial charge < -0.3 is 15.6 Å². The average molecular weight is 207 g/mol. The summed E-state index contributed by atoms with van der Waals surface area (Å²) in [5.74, 6) is 0.123. The number of hydrogen-bond acceptors (Lipinski definition) is 3. The topological polar surface area (TPSA) is 56.9 Å². The van der Waals surface area contributed by atoms with Crippen molar-refractivity contribution in [2.24, 2.45) is 0 Å². The average Bonchev–Trinajstić information content (AvgIpc) is 2.90. The Morgan fingerprint density at radius 3 is 3.20 bits per heavy atom. The molecule has 4 nitrogen and oxygen atoms in total. The van der Waals surface area contributed by atoms with Crippen LogP contribution in [0.3, 0.4) is 0 Å². The second-order valence-electron chi connectivity index (χ2n) is 3.93. The summed E-state index contributed by atoms with van der Waals surface area (Å²) >= 11 is 0. The lowest BCUT2D eigenvalue weighted by Crippen LogP contribution is -2.36. The molecule has 82 valence electrons. The second kappa shape index (κ2) is 5.09. The number of hydrogen-bond donors (Lipinski definition) is 3. The SMILES string of the molecule is O=C(CNC[C@H]1CCCN1)c1ccc[nH]1. The van der Waals surface area contributed by atoms with Crippen LogP contribution in [-0.4, -0.2) is 36.4 Å². The Morgan fingerprint density at radius 1 is 1.60 bits per heavy atom. The first-order valence-corrected chi connectivity index (χ1v) is 5.47. The number of rotatable bonds is 5. The van der Waals surface area contributed by atoms with E-state index in [1.165, 1.54) is 12.8 Å². The molecule has 1 aliphatic rings. The zero-order chi connectivity index (χ0) is 10.5. The van der Waals surface area contributed by atoms with Crippen molar-refractivity contribution in [3.63, 3.8) is 0 Å². The van der Waals surface area contributed by atoms with Gasteiger partial charge in [0.15, 0.2) is 5.78 Å².